The van der Waals surface area contributed by atoms with Gasteiger partial charge in [-0.15, -0.1) is 0 Å². The molecule has 2 saturated heterocycles. The number of hydrogen-bond donors (Lipinski definition) is 2. The van der Waals surface area contributed by atoms with Crippen molar-refractivity contribution in [2.75, 3.05) is 44.3 Å². The van der Waals surface area contributed by atoms with Crippen molar-refractivity contribution in [3.63, 3.8) is 0 Å². The molecule has 1 aromatic carbocycles. The number of rotatable bonds is 5. The summed E-state index contributed by atoms with van der Waals surface area (Å²) in [6.45, 7) is 7.78. The molecule has 2 N–H and O–H groups in total. The van der Waals surface area contributed by atoms with E-state index >= 15 is 0 Å². The average molecular weight is 462 g/mol. The van der Waals surface area contributed by atoms with Gasteiger partial charge in [0.25, 0.3) is 0 Å². The van der Waals surface area contributed by atoms with Crippen molar-refractivity contribution in [3.8, 4) is 5.95 Å². The summed E-state index contributed by atoms with van der Waals surface area (Å²) < 4.78 is 9.75. The highest BCUT2D eigenvalue weighted by Gasteiger charge is 2.24. The Morgan fingerprint density at radius 1 is 1.06 bits per heavy atom. The first-order chi connectivity index (χ1) is 16.7. The molecule has 0 amide bonds. The molecule has 178 valence electrons. The van der Waals surface area contributed by atoms with E-state index < -0.39 is 0 Å². The normalized spacial score (nSPS) is 17.8. The van der Waals surface area contributed by atoms with Gasteiger partial charge in [0.05, 0.1) is 30.8 Å². The molecule has 0 aliphatic carbocycles. The van der Waals surface area contributed by atoms with E-state index in [4.69, 9.17) is 24.7 Å². The van der Waals surface area contributed by atoms with Crippen LogP contribution < -0.4 is 15.5 Å². The van der Waals surface area contributed by atoms with Crippen molar-refractivity contribution in [2.45, 2.75) is 32.4 Å². The highest BCUT2D eigenvalue weighted by atomic mass is 16.5. The maximum absolute atomic E-state index is 5.61. The Bertz CT molecular complexity index is 1320. The lowest BCUT2D eigenvalue weighted by atomic mass is 10.1. The largest absolute Gasteiger partial charge is 0.378 e. The number of fused-ring (bicyclic) bond motifs is 2. The molecule has 2 aliphatic heterocycles. The second-order valence-electron chi connectivity index (χ2n) is 9.09. The highest BCUT2D eigenvalue weighted by Crippen LogP contribution is 2.28. The number of hydrogen-bond acceptors (Lipinski definition) is 8. The van der Waals surface area contributed by atoms with Gasteiger partial charge in [-0.25, -0.2) is 9.97 Å². The summed E-state index contributed by atoms with van der Waals surface area (Å²) in [4.78, 5) is 22.1. The maximum atomic E-state index is 5.61. The lowest BCUT2D eigenvalue weighted by Crippen LogP contribution is -2.39. The summed E-state index contributed by atoms with van der Waals surface area (Å²) >= 11 is 0. The van der Waals surface area contributed by atoms with Crippen molar-refractivity contribution >= 4 is 28.0 Å². The number of nitrogens with zero attached hydrogens (tertiary/aromatic N) is 7. The van der Waals surface area contributed by atoms with Crippen LogP contribution in [0.4, 0.5) is 5.82 Å². The van der Waals surface area contributed by atoms with Gasteiger partial charge in [-0.05, 0) is 45.0 Å². The molecule has 3 aromatic heterocycles. The molecule has 0 unspecified atom stereocenters. The van der Waals surface area contributed by atoms with Crippen LogP contribution in [0.3, 0.4) is 0 Å². The first-order valence-electron chi connectivity index (χ1n) is 12.1. The Morgan fingerprint density at radius 2 is 1.85 bits per heavy atom. The Labute approximate surface area is 198 Å². The van der Waals surface area contributed by atoms with Crippen molar-refractivity contribution < 1.29 is 4.74 Å². The number of ether oxygens (including phenoxy) is 1. The summed E-state index contributed by atoms with van der Waals surface area (Å²) in [5, 5.41) is 7.12. The predicted octanol–water partition coefficient (Wildman–Crippen LogP) is 1.69. The number of imidazole rings is 2. The number of piperidine rings is 1. The van der Waals surface area contributed by atoms with Gasteiger partial charge in [-0.3, -0.25) is 4.57 Å². The Balaban J connectivity index is 1.46. The topological polar surface area (TPSA) is 98.0 Å². The van der Waals surface area contributed by atoms with E-state index in [1.54, 1.807) is 0 Å². The van der Waals surface area contributed by atoms with Gasteiger partial charge in [-0.2, -0.15) is 9.97 Å². The smallest absolute Gasteiger partial charge is 0.239 e. The zero-order valence-electron chi connectivity index (χ0n) is 19.8. The molecule has 0 bridgehead atoms. The Kier molecular flexibility index (Phi) is 5.64. The third-order valence-electron chi connectivity index (χ3n) is 6.91. The lowest BCUT2D eigenvalue weighted by molar-refractivity contribution is 0.122. The van der Waals surface area contributed by atoms with E-state index in [9.17, 15) is 0 Å². The zero-order chi connectivity index (χ0) is 23.1. The summed E-state index contributed by atoms with van der Waals surface area (Å²) in [6, 6.07) is 8.63. The van der Waals surface area contributed by atoms with E-state index in [1.165, 1.54) is 0 Å². The van der Waals surface area contributed by atoms with E-state index in [2.05, 4.69) is 26.2 Å². The van der Waals surface area contributed by atoms with Crippen LogP contribution in [0, 0.1) is 6.92 Å². The first-order valence-corrected chi connectivity index (χ1v) is 12.1. The van der Waals surface area contributed by atoms with Crippen molar-refractivity contribution in [1.82, 2.24) is 39.7 Å². The number of benzene rings is 1. The predicted molar refractivity (Wildman–Crippen MR) is 131 cm³/mol. The summed E-state index contributed by atoms with van der Waals surface area (Å²) in [7, 11) is 2.05. The maximum Gasteiger partial charge on any atom is 0.239 e. The molecule has 10 heteroatoms. The van der Waals surface area contributed by atoms with Gasteiger partial charge in [-0.1, -0.05) is 12.1 Å². The molecule has 2 aliphatic rings. The number of para-hydroxylation sites is 2. The Morgan fingerprint density at radius 3 is 2.68 bits per heavy atom. The van der Waals surface area contributed by atoms with E-state index in [0.29, 0.717) is 31.7 Å². The minimum Gasteiger partial charge on any atom is -0.378 e. The van der Waals surface area contributed by atoms with Gasteiger partial charge < -0.3 is 24.8 Å². The number of nitrogens with one attached hydrogen (secondary N) is 2. The van der Waals surface area contributed by atoms with Crippen LogP contribution in [-0.2, 0) is 18.3 Å². The summed E-state index contributed by atoms with van der Waals surface area (Å²) in [5.74, 6) is 3.33. The van der Waals surface area contributed by atoms with E-state index in [1.807, 2.05) is 36.7 Å². The van der Waals surface area contributed by atoms with Gasteiger partial charge >= 0.3 is 0 Å². The molecule has 34 heavy (non-hydrogen) atoms. The lowest BCUT2D eigenvalue weighted by Gasteiger charge is -2.28. The number of anilines is 1. The monoisotopic (exact) mass is 461 g/mol. The Hall–Kier alpha value is -3.08. The van der Waals surface area contributed by atoms with Crippen LogP contribution in [0.15, 0.2) is 24.3 Å². The van der Waals surface area contributed by atoms with Gasteiger partial charge in [0.15, 0.2) is 17.0 Å². The van der Waals surface area contributed by atoms with Crippen LogP contribution in [0.1, 0.15) is 24.5 Å². The van der Waals surface area contributed by atoms with Gasteiger partial charge in [0.1, 0.15) is 11.6 Å². The molecule has 5 heterocycles. The standard InChI is InChI=1S/C24H31N9O/c1-16-27-18-5-3-4-6-19(18)33(16)24-29-22-21(23(30-24)32-11-13-34-14-12-32)28-20(31(22)2)15-26-17-7-9-25-10-8-17/h3-6,17,25-26H,7-15H2,1-2H3. The van der Waals surface area contributed by atoms with Crippen LogP contribution in [0.2, 0.25) is 0 Å². The fraction of sp³-hybridized carbons (Fsp3) is 0.500. The molecule has 6 rings (SSSR count). The first kappa shape index (κ1) is 21.5. The summed E-state index contributed by atoms with van der Waals surface area (Å²) in [6.07, 6.45) is 2.28. The van der Waals surface area contributed by atoms with Crippen LogP contribution in [0.5, 0.6) is 0 Å². The summed E-state index contributed by atoms with van der Waals surface area (Å²) in [5.41, 5.74) is 3.62. The third kappa shape index (κ3) is 3.81. The van der Waals surface area contributed by atoms with Crippen molar-refractivity contribution in [2.24, 2.45) is 7.05 Å². The van der Waals surface area contributed by atoms with Crippen LogP contribution in [-0.4, -0.2) is 74.5 Å². The molecule has 10 nitrogen and oxygen atoms in total. The fourth-order valence-electron chi connectivity index (χ4n) is 4.99. The number of morpholine rings is 1. The quantitative estimate of drug-likeness (QED) is 0.463. The molecule has 0 spiro atoms. The molecule has 4 aromatic rings. The van der Waals surface area contributed by atoms with Gasteiger partial charge in [0.2, 0.25) is 5.95 Å². The number of aromatic nitrogens is 6. The highest BCUT2D eigenvalue weighted by molar-refractivity contribution is 5.86. The molecular weight excluding hydrogens is 430 g/mol. The fourth-order valence-corrected chi connectivity index (χ4v) is 4.99. The van der Waals surface area contributed by atoms with Crippen molar-refractivity contribution in [1.29, 1.82) is 0 Å². The molecule has 0 atom stereocenters. The second kappa shape index (κ2) is 8.94. The number of aryl methyl sites for hydroxylation is 2. The molecule has 0 radical (unpaired) electrons. The molecule has 0 saturated carbocycles. The second-order valence-corrected chi connectivity index (χ2v) is 9.09. The minimum atomic E-state index is 0.515. The third-order valence-corrected chi connectivity index (χ3v) is 6.91. The van der Waals surface area contributed by atoms with Crippen LogP contribution >= 0.6 is 0 Å². The van der Waals surface area contributed by atoms with E-state index in [0.717, 1.165) is 78.7 Å². The van der Waals surface area contributed by atoms with Crippen LogP contribution in [0.25, 0.3) is 28.1 Å². The van der Waals surface area contributed by atoms with Gasteiger partial charge in [0, 0.05) is 26.2 Å². The average Bonchev–Trinajstić information content (AvgIpc) is 3.39. The SMILES string of the molecule is Cc1nc2ccccc2n1-c1nc(N2CCOCC2)c2nc(CNC3CCNCC3)n(C)c2n1. The minimum absolute atomic E-state index is 0.515. The molecule has 2 fully saturated rings. The van der Waals surface area contributed by atoms with E-state index in [-0.39, 0.29) is 0 Å². The molecular formula is C24H31N9O. The zero-order valence-corrected chi connectivity index (χ0v) is 19.8. The van der Waals surface area contributed by atoms with Crippen molar-refractivity contribution in [3.05, 3.63) is 35.9 Å².